The topological polar surface area (TPSA) is 67.8 Å². The second kappa shape index (κ2) is 6.17. The summed E-state index contributed by atoms with van der Waals surface area (Å²) in [5.74, 6) is 0. The molecule has 2 heterocycles. The Morgan fingerprint density at radius 1 is 1.00 bits per heavy atom. The molecular weight excluding hydrogens is 358 g/mol. The molecule has 6 heteroatoms. The first-order chi connectivity index (χ1) is 13.2. The van der Waals surface area contributed by atoms with E-state index >= 15 is 0 Å². The summed E-state index contributed by atoms with van der Waals surface area (Å²) in [5, 5.41) is 3.38. The van der Waals surface area contributed by atoms with E-state index in [1.54, 1.807) is 4.68 Å². The molecule has 0 saturated heterocycles. The van der Waals surface area contributed by atoms with Crippen molar-refractivity contribution >= 4 is 33.2 Å². The first-order valence-corrected chi connectivity index (χ1v) is 9.52. The Balaban J connectivity index is 1.77. The lowest BCUT2D eigenvalue weighted by atomic mass is 10.1. The van der Waals surface area contributed by atoms with Crippen LogP contribution in [0.3, 0.4) is 0 Å². The number of H-pyrrole nitrogens is 1. The Morgan fingerprint density at radius 3 is 2.59 bits per heavy atom. The molecule has 0 atom stereocenters. The van der Waals surface area contributed by atoms with E-state index in [0.29, 0.717) is 17.1 Å². The van der Waals surface area contributed by atoms with Crippen molar-refractivity contribution in [3.8, 4) is 5.13 Å². The smallest absolute Gasteiger partial charge is 0.283 e. The quantitative estimate of drug-likeness (QED) is 0.546. The number of hydrogen-bond donors (Lipinski definition) is 1. The molecular formula is C21H15N3O2S. The molecule has 132 valence electrons. The number of aromatic nitrogens is 3. The fraction of sp³-hybridized carbons (Fsp3) is 0.0952. The highest BCUT2D eigenvalue weighted by molar-refractivity contribution is 7.20. The molecule has 1 aliphatic carbocycles. The summed E-state index contributed by atoms with van der Waals surface area (Å²) in [5.41, 5.74) is 3.26. The fourth-order valence-electron chi connectivity index (χ4n) is 3.53. The van der Waals surface area contributed by atoms with Crippen LogP contribution in [0.1, 0.15) is 23.2 Å². The zero-order chi connectivity index (χ0) is 18.4. The number of rotatable bonds is 2. The van der Waals surface area contributed by atoms with Gasteiger partial charge in [0.2, 0.25) is 10.6 Å². The lowest BCUT2D eigenvalue weighted by molar-refractivity contribution is 0.786. The highest BCUT2D eigenvalue weighted by Crippen LogP contribution is 2.34. The highest BCUT2D eigenvalue weighted by Gasteiger charge is 2.26. The number of allylic oxidation sites excluding steroid dienone is 1. The predicted molar refractivity (Wildman–Crippen MR) is 108 cm³/mol. The SMILES string of the molecule is O=c1[nH]n(-c2nc3ccccc3s2)c2c(c1=O)CC/C2=C/c1ccccc1. The molecule has 1 N–H and O–H groups in total. The fourth-order valence-corrected chi connectivity index (χ4v) is 4.46. The van der Waals surface area contributed by atoms with E-state index in [0.717, 1.165) is 33.5 Å². The van der Waals surface area contributed by atoms with Crippen LogP contribution < -0.4 is 11.0 Å². The number of nitrogens with one attached hydrogen (secondary N) is 1. The van der Waals surface area contributed by atoms with Crippen molar-refractivity contribution in [1.82, 2.24) is 14.8 Å². The van der Waals surface area contributed by atoms with Crippen LogP contribution in [0.2, 0.25) is 0 Å². The van der Waals surface area contributed by atoms with Crippen LogP contribution in [0.4, 0.5) is 0 Å². The average Bonchev–Trinajstić information content (AvgIpc) is 3.30. The summed E-state index contributed by atoms with van der Waals surface area (Å²) >= 11 is 1.49. The third-order valence-corrected chi connectivity index (χ3v) is 5.79. The van der Waals surface area contributed by atoms with Crippen molar-refractivity contribution < 1.29 is 0 Å². The molecule has 0 fully saturated rings. The summed E-state index contributed by atoms with van der Waals surface area (Å²) in [6, 6.07) is 17.8. The van der Waals surface area contributed by atoms with Crippen molar-refractivity contribution in [1.29, 1.82) is 0 Å². The maximum absolute atomic E-state index is 12.4. The zero-order valence-electron chi connectivity index (χ0n) is 14.3. The third-order valence-electron chi connectivity index (χ3n) is 4.77. The molecule has 4 aromatic rings. The number of benzene rings is 2. The van der Waals surface area contributed by atoms with E-state index in [1.165, 1.54) is 11.3 Å². The number of para-hydroxylation sites is 1. The molecule has 0 radical (unpaired) electrons. The van der Waals surface area contributed by atoms with Gasteiger partial charge in [0.25, 0.3) is 0 Å². The number of thiazole rings is 1. The normalized spacial score (nSPS) is 14.7. The van der Waals surface area contributed by atoms with Crippen LogP contribution in [-0.2, 0) is 6.42 Å². The Bertz CT molecular complexity index is 1280. The van der Waals surface area contributed by atoms with Crippen LogP contribution in [-0.4, -0.2) is 14.8 Å². The number of fused-ring (bicyclic) bond motifs is 2. The molecule has 0 amide bonds. The van der Waals surface area contributed by atoms with Gasteiger partial charge in [-0.05, 0) is 42.2 Å². The zero-order valence-corrected chi connectivity index (χ0v) is 15.1. The predicted octanol–water partition coefficient (Wildman–Crippen LogP) is 3.62. The standard InChI is InChI=1S/C21H15N3O2S/c25-19-15-11-10-14(12-13-6-2-1-3-7-13)18(15)24(23-20(19)26)21-22-16-8-4-5-9-17(16)27-21/h1-9,12H,10-11H2,(H,23,26)/b14-12-. The van der Waals surface area contributed by atoms with Crippen LogP contribution in [0.5, 0.6) is 0 Å². The molecule has 0 unspecified atom stereocenters. The van der Waals surface area contributed by atoms with Crippen molar-refractivity contribution in [3.05, 3.63) is 92.0 Å². The molecule has 2 aromatic carbocycles. The van der Waals surface area contributed by atoms with Gasteiger partial charge in [-0.25, -0.2) is 9.67 Å². The molecule has 0 aliphatic heterocycles. The van der Waals surface area contributed by atoms with Gasteiger partial charge in [-0.15, -0.1) is 0 Å². The van der Waals surface area contributed by atoms with E-state index in [-0.39, 0.29) is 0 Å². The second-order valence-corrected chi connectivity index (χ2v) is 7.49. The molecule has 0 saturated carbocycles. The van der Waals surface area contributed by atoms with Gasteiger partial charge in [-0.1, -0.05) is 53.8 Å². The van der Waals surface area contributed by atoms with E-state index in [2.05, 4.69) is 16.2 Å². The highest BCUT2D eigenvalue weighted by atomic mass is 32.1. The van der Waals surface area contributed by atoms with Crippen molar-refractivity contribution in [2.75, 3.05) is 0 Å². The average molecular weight is 373 g/mol. The molecule has 27 heavy (non-hydrogen) atoms. The summed E-state index contributed by atoms with van der Waals surface area (Å²) in [7, 11) is 0. The number of hydrogen-bond acceptors (Lipinski definition) is 4. The molecule has 2 aromatic heterocycles. The number of nitrogens with zero attached hydrogens (tertiary/aromatic N) is 2. The lowest BCUT2D eigenvalue weighted by Gasteiger charge is -2.10. The van der Waals surface area contributed by atoms with Gasteiger partial charge in [0.15, 0.2) is 0 Å². The van der Waals surface area contributed by atoms with Crippen molar-refractivity contribution in [2.45, 2.75) is 12.8 Å². The maximum atomic E-state index is 12.4. The molecule has 5 rings (SSSR count). The van der Waals surface area contributed by atoms with Crippen LogP contribution in [0.15, 0.2) is 64.2 Å². The van der Waals surface area contributed by atoms with Gasteiger partial charge in [-0.2, -0.15) is 0 Å². The lowest BCUT2D eigenvalue weighted by Crippen LogP contribution is -2.34. The summed E-state index contributed by atoms with van der Waals surface area (Å²) in [6.45, 7) is 0. The van der Waals surface area contributed by atoms with Crippen molar-refractivity contribution in [3.63, 3.8) is 0 Å². The Kier molecular flexibility index (Phi) is 3.65. The minimum atomic E-state index is -0.603. The largest absolute Gasteiger partial charge is 0.310 e. The monoisotopic (exact) mass is 373 g/mol. The summed E-state index contributed by atoms with van der Waals surface area (Å²) in [6.07, 6.45) is 3.37. The van der Waals surface area contributed by atoms with Crippen LogP contribution in [0, 0.1) is 0 Å². The van der Waals surface area contributed by atoms with E-state index in [9.17, 15) is 9.59 Å². The van der Waals surface area contributed by atoms with E-state index in [4.69, 9.17) is 0 Å². The van der Waals surface area contributed by atoms with Gasteiger partial charge in [0.05, 0.1) is 15.9 Å². The minimum Gasteiger partial charge on any atom is -0.283 e. The first-order valence-electron chi connectivity index (χ1n) is 8.71. The van der Waals surface area contributed by atoms with Gasteiger partial charge in [-0.3, -0.25) is 14.7 Å². The van der Waals surface area contributed by atoms with E-state index < -0.39 is 11.0 Å². The Labute approximate surface area is 158 Å². The Morgan fingerprint density at radius 2 is 1.78 bits per heavy atom. The Hall–Kier alpha value is -3.25. The molecule has 1 aliphatic rings. The second-order valence-electron chi connectivity index (χ2n) is 6.48. The minimum absolute atomic E-state index is 0.446. The molecule has 5 nitrogen and oxygen atoms in total. The van der Waals surface area contributed by atoms with Gasteiger partial charge >= 0.3 is 5.56 Å². The van der Waals surface area contributed by atoms with E-state index in [1.807, 2.05) is 54.6 Å². The summed E-state index contributed by atoms with van der Waals surface area (Å²) < 4.78 is 2.72. The number of aromatic amines is 1. The third kappa shape index (κ3) is 2.65. The van der Waals surface area contributed by atoms with Gasteiger partial charge in [0.1, 0.15) is 0 Å². The summed E-state index contributed by atoms with van der Waals surface area (Å²) in [4.78, 5) is 29.3. The first kappa shape index (κ1) is 16.0. The van der Waals surface area contributed by atoms with Crippen LogP contribution in [0.25, 0.3) is 27.0 Å². The molecule has 0 spiro atoms. The maximum Gasteiger partial charge on any atom is 0.310 e. The van der Waals surface area contributed by atoms with Crippen LogP contribution >= 0.6 is 11.3 Å². The molecule has 0 bridgehead atoms. The van der Waals surface area contributed by atoms with Crippen molar-refractivity contribution in [2.24, 2.45) is 0 Å². The van der Waals surface area contributed by atoms with Gasteiger partial charge < -0.3 is 0 Å². The van der Waals surface area contributed by atoms with Gasteiger partial charge in [0, 0.05) is 5.56 Å².